The van der Waals surface area contributed by atoms with Gasteiger partial charge in [0, 0.05) is 31.0 Å². The second-order valence-corrected chi connectivity index (χ2v) is 7.65. The Morgan fingerprint density at radius 1 is 1.30 bits per heavy atom. The number of aromatic nitrogens is 1. The van der Waals surface area contributed by atoms with Crippen molar-refractivity contribution >= 4 is 41.5 Å². The summed E-state index contributed by atoms with van der Waals surface area (Å²) in [6, 6.07) is 4.99. The molecule has 164 valence electrons. The number of hydrogen-bond acceptors (Lipinski definition) is 5. The molecule has 1 saturated heterocycles. The molecular weight excluding hydrogens is 449 g/mol. The van der Waals surface area contributed by atoms with E-state index >= 15 is 0 Å². The van der Waals surface area contributed by atoms with Gasteiger partial charge >= 0.3 is 6.18 Å². The standard InChI is InChI=1S/C18H17ClF5N3S.CH2O/c1-28-15-7-11(4-5-25-15)26-8-12-6-10(18(22,23)24)9-27(12)14-3-2-13(20)17(21)16(14)19;1-2/h2-5,7,10,12H,6,8-9H2,1H3,(H,25,26);1H2. The van der Waals surface area contributed by atoms with Gasteiger partial charge in [-0.25, -0.2) is 13.8 Å². The number of nitrogens with one attached hydrogen (secondary N) is 1. The lowest BCUT2D eigenvalue weighted by Crippen LogP contribution is -2.35. The van der Waals surface area contributed by atoms with Gasteiger partial charge in [0.25, 0.3) is 0 Å². The smallest absolute Gasteiger partial charge is 0.383 e. The van der Waals surface area contributed by atoms with E-state index in [9.17, 15) is 22.0 Å². The third kappa shape index (κ3) is 5.54. The molecule has 2 aromatic rings. The van der Waals surface area contributed by atoms with Gasteiger partial charge in [0.05, 0.1) is 16.6 Å². The van der Waals surface area contributed by atoms with E-state index < -0.39 is 34.8 Å². The molecule has 2 heterocycles. The van der Waals surface area contributed by atoms with Crippen molar-refractivity contribution < 1.29 is 26.7 Å². The van der Waals surface area contributed by atoms with Gasteiger partial charge in [0.1, 0.15) is 11.8 Å². The van der Waals surface area contributed by atoms with Crippen LogP contribution < -0.4 is 10.2 Å². The van der Waals surface area contributed by atoms with Crippen molar-refractivity contribution in [3.8, 4) is 0 Å². The zero-order valence-corrected chi connectivity index (χ0v) is 17.4. The van der Waals surface area contributed by atoms with Crippen LogP contribution in [0.4, 0.5) is 33.3 Å². The van der Waals surface area contributed by atoms with Crippen molar-refractivity contribution in [2.45, 2.75) is 23.7 Å². The van der Waals surface area contributed by atoms with E-state index in [-0.39, 0.29) is 25.2 Å². The third-order valence-corrected chi connectivity index (χ3v) is 5.69. The first-order valence-electron chi connectivity index (χ1n) is 8.70. The van der Waals surface area contributed by atoms with Crippen molar-refractivity contribution in [1.29, 1.82) is 0 Å². The molecule has 0 amide bonds. The van der Waals surface area contributed by atoms with E-state index in [0.717, 1.165) is 11.1 Å². The summed E-state index contributed by atoms with van der Waals surface area (Å²) in [5.41, 5.74) is 0.768. The average molecular weight is 468 g/mol. The predicted molar refractivity (Wildman–Crippen MR) is 108 cm³/mol. The minimum absolute atomic E-state index is 0.0543. The topological polar surface area (TPSA) is 45.2 Å². The summed E-state index contributed by atoms with van der Waals surface area (Å²) >= 11 is 7.34. The summed E-state index contributed by atoms with van der Waals surface area (Å²) in [5.74, 6) is -3.99. The molecule has 11 heteroatoms. The number of alkyl halides is 3. The summed E-state index contributed by atoms with van der Waals surface area (Å²) in [6.07, 6.45) is -1.10. The summed E-state index contributed by atoms with van der Waals surface area (Å²) < 4.78 is 67.1. The van der Waals surface area contributed by atoms with Gasteiger partial charge in [-0.3, -0.25) is 0 Å². The van der Waals surface area contributed by atoms with Crippen molar-refractivity contribution in [2.24, 2.45) is 5.92 Å². The summed E-state index contributed by atoms with van der Waals surface area (Å²) in [5, 5.41) is 3.36. The maximum Gasteiger partial charge on any atom is 0.393 e. The summed E-state index contributed by atoms with van der Waals surface area (Å²) in [6.45, 7) is 1.81. The van der Waals surface area contributed by atoms with Crippen molar-refractivity contribution in [3.63, 3.8) is 0 Å². The molecule has 1 aromatic carbocycles. The van der Waals surface area contributed by atoms with Gasteiger partial charge in [0.2, 0.25) is 0 Å². The number of anilines is 2. The maximum absolute atomic E-state index is 13.9. The third-order valence-electron chi connectivity index (χ3n) is 4.69. The van der Waals surface area contributed by atoms with Crippen LogP contribution in [0.25, 0.3) is 0 Å². The highest BCUT2D eigenvalue weighted by Crippen LogP contribution is 2.41. The fraction of sp³-hybridized carbons (Fsp3) is 0.368. The Hall–Kier alpha value is -2.07. The Balaban J connectivity index is 0.00000155. The molecule has 0 aliphatic carbocycles. The van der Waals surface area contributed by atoms with Gasteiger partial charge in [-0.15, -0.1) is 11.8 Å². The molecule has 1 N–H and O–H groups in total. The molecule has 0 spiro atoms. The van der Waals surface area contributed by atoms with Crippen molar-refractivity contribution in [1.82, 2.24) is 4.98 Å². The number of benzene rings is 1. The molecule has 30 heavy (non-hydrogen) atoms. The largest absolute Gasteiger partial charge is 0.393 e. The molecule has 0 radical (unpaired) electrons. The number of carbonyl (C=O) groups is 1. The molecule has 0 saturated carbocycles. The summed E-state index contributed by atoms with van der Waals surface area (Å²) in [4.78, 5) is 13.5. The molecule has 1 aliphatic heterocycles. The van der Waals surface area contributed by atoms with E-state index in [0.29, 0.717) is 5.69 Å². The van der Waals surface area contributed by atoms with Crippen LogP contribution in [0.15, 0.2) is 35.5 Å². The van der Waals surface area contributed by atoms with Crippen LogP contribution in [-0.4, -0.2) is 43.3 Å². The normalized spacial score (nSPS) is 18.7. The lowest BCUT2D eigenvalue weighted by Gasteiger charge is -2.28. The molecule has 3 rings (SSSR count). The molecule has 4 nitrogen and oxygen atoms in total. The lowest BCUT2D eigenvalue weighted by atomic mass is 10.1. The van der Waals surface area contributed by atoms with Crippen LogP contribution >= 0.6 is 23.4 Å². The highest BCUT2D eigenvalue weighted by Gasteiger charge is 2.47. The number of pyridine rings is 1. The van der Waals surface area contributed by atoms with E-state index in [4.69, 9.17) is 16.4 Å². The van der Waals surface area contributed by atoms with Gasteiger partial charge < -0.3 is 15.0 Å². The van der Waals surface area contributed by atoms with E-state index in [1.165, 1.54) is 22.7 Å². The Bertz CT molecular complexity index is 871. The van der Waals surface area contributed by atoms with Gasteiger partial charge in [0.15, 0.2) is 11.6 Å². The molecule has 1 aliphatic rings. The molecule has 0 bridgehead atoms. The van der Waals surface area contributed by atoms with Crippen LogP contribution in [0, 0.1) is 17.6 Å². The first-order chi connectivity index (χ1) is 14.2. The fourth-order valence-electron chi connectivity index (χ4n) is 3.25. The number of halogens is 6. The quantitative estimate of drug-likeness (QED) is 0.361. The minimum atomic E-state index is -4.39. The van der Waals surface area contributed by atoms with E-state index in [1.54, 1.807) is 18.3 Å². The van der Waals surface area contributed by atoms with E-state index in [2.05, 4.69) is 10.3 Å². The van der Waals surface area contributed by atoms with Crippen LogP contribution in [0.2, 0.25) is 5.02 Å². The maximum atomic E-state index is 13.9. The van der Waals surface area contributed by atoms with Crippen LogP contribution in [-0.2, 0) is 4.79 Å². The number of thioether (sulfide) groups is 1. The minimum Gasteiger partial charge on any atom is -0.383 e. The second-order valence-electron chi connectivity index (χ2n) is 6.44. The van der Waals surface area contributed by atoms with Crippen molar-refractivity contribution in [2.75, 3.05) is 29.6 Å². The fourth-order valence-corrected chi connectivity index (χ4v) is 3.92. The Morgan fingerprint density at radius 3 is 2.63 bits per heavy atom. The monoisotopic (exact) mass is 467 g/mol. The van der Waals surface area contributed by atoms with E-state index in [1.807, 2.05) is 13.0 Å². The molecule has 1 aromatic heterocycles. The van der Waals surface area contributed by atoms with Crippen molar-refractivity contribution in [3.05, 3.63) is 47.1 Å². The second kappa shape index (κ2) is 10.3. The van der Waals surface area contributed by atoms with Gasteiger partial charge in [-0.05, 0) is 36.9 Å². The predicted octanol–water partition coefficient (Wildman–Crippen LogP) is 5.42. The zero-order chi connectivity index (χ0) is 22.5. The SMILES string of the molecule is C=O.CSc1cc(NCC2CC(C(F)(F)F)CN2c2ccc(F)c(F)c2Cl)ccn1. The lowest BCUT2D eigenvalue weighted by molar-refractivity contribution is -0.168. The number of nitrogens with zero attached hydrogens (tertiary/aromatic N) is 2. The number of carbonyl (C=O) groups excluding carboxylic acids is 1. The molecule has 1 fully saturated rings. The number of hydrogen-bond donors (Lipinski definition) is 1. The molecular formula is C19H19ClF5N3OS. The Kier molecular flexibility index (Phi) is 8.31. The molecule has 2 unspecified atom stereocenters. The Labute approximate surface area is 179 Å². The van der Waals surface area contributed by atoms with Gasteiger partial charge in [-0.1, -0.05) is 11.6 Å². The zero-order valence-electron chi connectivity index (χ0n) is 15.8. The van der Waals surface area contributed by atoms with Crippen LogP contribution in [0.5, 0.6) is 0 Å². The Morgan fingerprint density at radius 2 is 2.00 bits per heavy atom. The van der Waals surface area contributed by atoms with Crippen LogP contribution in [0.3, 0.4) is 0 Å². The average Bonchev–Trinajstić information content (AvgIpc) is 3.17. The first-order valence-corrected chi connectivity index (χ1v) is 10.3. The summed E-state index contributed by atoms with van der Waals surface area (Å²) in [7, 11) is 0. The molecule has 2 atom stereocenters. The highest BCUT2D eigenvalue weighted by molar-refractivity contribution is 7.98. The highest BCUT2D eigenvalue weighted by atomic mass is 35.5. The van der Waals surface area contributed by atoms with Crippen LogP contribution in [0.1, 0.15) is 6.42 Å². The van der Waals surface area contributed by atoms with Gasteiger partial charge in [-0.2, -0.15) is 13.2 Å². The number of rotatable bonds is 5. The first kappa shape index (κ1) is 24.2.